The number of anilines is 1. The molecule has 3 rings (SSSR count). The van der Waals surface area contributed by atoms with Gasteiger partial charge in [0.05, 0.1) is 18.2 Å². The zero-order valence-electron chi connectivity index (χ0n) is 18.8. The number of para-hydroxylation sites is 1. The Morgan fingerprint density at radius 3 is 2.47 bits per heavy atom. The van der Waals surface area contributed by atoms with Crippen molar-refractivity contribution in [2.24, 2.45) is 0 Å². The molecule has 7 heteroatoms. The van der Waals surface area contributed by atoms with Crippen LogP contribution in [0.3, 0.4) is 0 Å². The number of hydrogen-bond acceptors (Lipinski definition) is 5. The van der Waals surface area contributed by atoms with Crippen LogP contribution in [0.25, 0.3) is 11.6 Å². The fraction of sp³-hybridized carbons (Fsp3) is 0.148. The molecule has 34 heavy (non-hydrogen) atoms. The number of nitriles is 1. The zero-order chi connectivity index (χ0) is 24.3. The standard InChI is InChI=1S/C27H25ClN4O2/c1-31-26-6-3-2-5-23(26)25(30)18-34-22-13-9-20(10-14-22)24(27(33)32-16-4-15-29)17-19-7-11-21(28)12-8-19/h2-3,5-14,17,30-31H,4,16,18H2,1H3,(H,32,33). The van der Waals surface area contributed by atoms with Crippen LogP contribution in [-0.4, -0.2) is 31.8 Å². The molecule has 0 saturated heterocycles. The van der Waals surface area contributed by atoms with Crippen LogP contribution < -0.4 is 15.4 Å². The van der Waals surface area contributed by atoms with Crippen LogP contribution in [0.5, 0.6) is 5.75 Å². The first kappa shape index (κ1) is 24.6. The Balaban J connectivity index is 1.76. The normalized spacial score (nSPS) is 10.8. The monoisotopic (exact) mass is 472 g/mol. The van der Waals surface area contributed by atoms with Crippen molar-refractivity contribution in [2.45, 2.75) is 6.42 Å². The number of carbonyl (C=O) groups excluding carboxylic acids is 1. The van der Waals surface area contributed by atoms with Gasteiger partial charge in [-0.25, -0.2) is 0 Å². The second kappa shape index (κ2) is 12.2. The Hall–Kier alpha value is -4.08. The number of carbonyl (C=O) groups is 1. The third kappa shape index (κ3) is 6.71. The molecule has 0 heterocycles. The maximum absolute atomic E-state index is 12.8. The van der Waals surface area contributed by atoms with Crippen LogP contribution in [0, 0.1) is 16.7 Å². The molecular formula is C27H25ClN4O2. The summed E-state index contributed by atoms with van der Waals surface area (Å²) in [5, 5.41) is 23.6. The zero-order valence-corrected chi connectivity index (χ0v) is 19.5. The highest BCUT2D eigenvalue weighted by Crippen LogP contribution is 2.23. The summed E-state index contributed by atoms with van der Waals surface area (Å²) in [7, 11) is 1.82. The molecule has 1 amide bonds. The van der Waals surface area contributed by atoms with Crippen LogP contribution in [-0.2, 0) is 4.79 Å². The van der Waals surface area contributed by atoms with Crippen LogP contribution in [0.15, 0.2) is 72.8 Å². The largest absolute Gasteiger partial charge is 0.487 e. The second-order valence-corrected chi connectivity index (χ2v) is 7.80. The van der Waals surface area contributed by atoms with Crippen molar-refractivity contribution < 1.29 is 9.53 Å². The van der Waals surface area contributed by atoms with E-state index in [9.17, 15) is 4.79 Å². The van der Waals surface area contributed by atoms with E-state index >= 15 is 0 Å². The first-order valence-corrected chi connectivity index (χ1v) is 11.1. The fourth-order valence-electron chi connectivity index (χ4n) is 3.26. The lowest BCUT2D eigenvalue weighted by Gasteiger charge is -2.13. The average molecular weight is 473 g/mol. The topological polar surface area (TPSA) is 98.0 Å². The summed E-state index contributed by atoms with van der Waals surface area (Å²) in [5.41, 5.74) is 3.99. The Labute approximate surface area is 204 Å². The minimum atomic E-state index is -0.274. The Morgan fingerprint density at radius 1 is 1.09 bits per heavy atom. The van der Waals surface area contributed by atoms with Gasteiger partial charge in [-0.05, 0) is 47.5 Å². The smallest absolute Gasteiger partial charge is 0.251 e. The predicted molar refractivity (Wildman–Crippen MR) is 137 cm³/mol. The number of benzene rings is 3. The van der Waals surface area contributed by atoms with Crippen LogP contribution in [0.2, 0.25) is 5.02 Å². The molecule has 172 valence electrons. The molecule has 0 aliphatic heterocycles. The maximum atomic E-state index is 12.8. The number of nitrogens with one attached hydrogen (secondary N) is 3. The highest BCUT2D eigenvalue weighted by molar-refractivity contribution is 6.30. The summed E-state index contributed by atoms with van der Waals surface area (Å²) >= 11 is 5.97. The molecule has 0 atom stereocenters. The molecule has 0 fully saturated rings. The van der Waals surface area contributed by atoms with Gasteiger partial charge in [0, 0.05) is 35.4 Å². The highest BCUT2D eigenvalue weighted by Gasteiger charge is 2.13. The SMILES string of the molecule is CNc1ccccc1C(=N)COc1ccc(C(=Cc2ccc(Cl)cc2)C(=O)NCCC#N)cc1. The fourth-order valence-corrected chi connectivity index (χ4v) is 3.39. The molecule has 0 aliphatic carbocycles. The molecule has 0 radical (unpaired) electrons. The number of nitrogens with zero attached hydrogens (tertiary/aromatic N) is 1. The van der Waals surface area contributed by atoms with Gasteiger partial charge >= 0.3 is 0 Å². The van der Waals surface area contributed by atoms with Crippen molar-refractivity contribution in [1.29, 1.82) is 10.7 Å². The van der Waals surface area contributed by atoms with E-state index in [1.54, 1.807) is 42.5 Å². The molecule has 0 saturated carbocycles. The van der Waals surface area contributed by atoms with E-state index in [4.69, 9.17) is 27.0 Å². The Bertz CT molecular complexity index is 1210. The van der Waals surface area contributed by atoms with E-state index in [1.807, 2.05) is 49.5 Å². The minimum Gasteiger partial charge on any atom is -0.487 e. The average Bonchev–Trinajstić information content (AvgIpc) is 2.87. The summed E-state index contributed by atoms with van der Waals surface area (Å²) in [6, 6.07) is 23.9. The molecule has 0 aromatic heterocycles. The lowest BCUT2D eigenvalue weighted by molar-refractivity contribution is -0.115. The van der Waals surface area contributed by atoms with Crippen LogP contribution in [0.4, 0.5) is 5.69 Å². The van der Waals surface area contributed by atoms with E-state index in [0.717, 1.165) is 16.8 Å². The van der Waals surface area contributed by atoms with Crippen LogP contribution >= 0.6 is 11.6 Å². The quantitative estimate of drug-likeness (QED) is 0.159. The first-order valence-electron chi connectivity index (χ1n) is 10.7. The second-order valence-electron chi connectivity index (χ2n) is 7.36. The van der Waals surface area contributed by atoms with Gasteiger partial charge in [-0.2, -0.15) is 5.26 Å². The number of ether oxygens (including phenoxy) is 1. The molecule has 0 aliphatic rings. The van der Waals surface area contributed by atoms with E-state index in [1.165, 1.54) is 0 Å². The molecule has 3 aromatic rings. The van der Waals surface area contributed by atoms with E-state index in [-0.39, 0.29) is 25.5 Å². The van der Waals surface area contributed by atoms with Crippen molar-refractivity contribution in [2.75, 3.05) is 25.5 Å². The molecule has 6 nitrogen and oxygen atoms in total. The van der Waals surface area contributed by atoms with Gasteiger partial charge in [0.2, 0.25) is 0 Å². The van der Waals surface area contributed by atoms with Gasteiger partial charge in [-0.1, -0.05) is 54.1 Å². The van der Waals surface area contributed by atoms with Gasteiger partial charge in [-0.3, -0.25) is 4.79 Å². The summed E-state index contributed by atoms with van der Waals surface area (Å²) in [5.74, 6) is 0.315. The van der Waals surface area contributed by atoms with Crippen molar-refractivity contribution in [3.05, 3.63) is 94.5 Å². The summed E-state index contributed by atoms with van der Waals surface area (Å²) < 4.78 is 5.80. The predicted octanol–water partition coefficient (Wildman–Crippen LogP) is 5.40. The third-order valence-corrected chi connectivity index (χ3v) is 5.27. The Kier molecular flexibility index (Phi) is 8.84. The highest BCUT2D eigenvalue weighted by atomic mass is 35.5. The first-order chi connectivity index (χ1) is 16.5. The molecule has 0 bridgehead atoms. The maximum Gasteiger partial charge on any atom is 0.251 e. The number of rotatable bonds is 10. The van der Waals surface area contributed by atoms with Crippen molar-refractivity contribution in [3.63, 3.8) is 0 Å². The van der Waals surface area contributed by atoms with Gasteiger partial charge in [0.1, 0.15) is 12.4 Å². The van der Waals surface area contributed by atoms with Gasteiger partial charge in [0.15, 0.2) is 0 Å². The van der Waals surface area contributed by atoms with E-state index < -0.39 is 0 Å². The third-order valence-electron chi connectivity index (χ3n) is 5.02. The van der Waals surface area contributed by atoms with Crippen molar-refractivity contribution in [3.8, 4) is 11.8 Å². The number of amides is 1. The molecular weight excluding hydrogens is 448 g/mol. The lowest BCUT2D eigenvalue weighted by Crippen LogP contribution is -2.25. The van der Waals surface area contributed by atoms with Gasteiger partial charge in [-0.15, -0.1) is 0 Å². The summed E-state index contributed by atoms with van der Waals surface area (Å²) in [4.78, 5) is 12.8. The summed E-state index contributed by atoms with van der Waals surface area (Å²) in [6.45, 7) is 0.380. The Morgan fingerprint density at radius 2 is 1.79 bits per heavy atom. The molecule has 0 spiro atoms. The molecule has 3 N–H and O–H groups in total. The van der Waals surface area contributed by atoms with Crippen LogP contribution in [0.1, 0.15) is 23.1 Å². The summed E-state index contributed by atoms with van der Waals surface area (Å²) in [6.07, 6.45) is 2.01. The van der Waals surface area contributed by atoms with Gasteiger partial charge < -0.3 is 20.8 Å². The van der Waals surface area contributed by atoms with E-state index in [0.29, 0.717) is 27.6 Å². The molecule has 0 unspecified atom stereocenters. The molecule has 3 aromatic carbocycles. The van der Waals surface area contributed by atoms with Crippen molar-refractivity contribution >= 4 is 40.6 Å². The van der Waals surface area contributed by atoms with Crippen molar-refractivity contribution in [1.82, 2.24) is 5.32 Å². The lowest BCUT2D eigenvalue weighted by atomic mass is 10.0. The van der Waals surface area contributed by atoms with Gasteiger partial charge in [0.25, 0.3) is 5.91 Å². The number of hydrogen-bond donors (Lipinski definition) is 3. The minimum absolute atomic E-state index is 0.111. The number of halogens is 1. The van der Waals surface area contributed by atoms with E-state index in [2.05, 4.69) is 10.6 Å².